The predicted octanol–water partition coefficient (Wildman–Crippen LogP) is 1.30. The number of halogens is 3. The van der Waals surface area contributed by atoms with Gasteiger partial charge in [-0.25, -0.2) is 8.78 Å². The van der Waals surface area contributed by atoms with Gasteiger partial charge in [0.2, 0.25) is 5.83 Å². The fourth-order valence-electron chi connectivity index (χ4n) is 0.717. The van der Waals surface area contributed by atoms with Crippen LogP contribution in [0.3, 0.4) is 0 Å². The highest BCUT2D eigenvalue weighted by molar-refractivity contribution is 8.03. The van der Waals surface area contributed by atoms with Crippen molar-refractivity contribution in [2.45, 2.75) is 6.43 Å². The molecule has 1 rings (SSSR count). The van der Waals surface area contributed by atoms with Gasteiger partial charge >= 0.3 is 6.43 Å². The van der Waals surface area contributed by atoms with Crippen LogP contribution in [0.5, 0.6) is 0 Å². The van der Waals surface area contributed by atoms with Gasteiger partial charge < -0.3 is 5.32 Å². The van der Waals surface area contributed by atoms with Gasteiger partial charge in [-0.05, 0) is 0 Å². The van der Waals surface area contributed by atoms with E-state index in [1.165, 1.54) is 0 Å². The highest BCUT2D eigenvalue weighted by Crippen LogP contribution is 2.24. The first kappa shape index (κ1) is 9.44. The molecule has 6 heteroatoms. The number of hydrogen-bond acceptors (Lipinski definition) is 3. The maximum Gasteiger partial charge on any atom is 0.303 e. The summed E-state index contributed by atoms with van der Waals surface area (Å²) in [6.45, 7) is 0.504. The van der Waals surface area contributed by atoms with Crippen molar-refractivity contribution in [2.24, 2.45) is 0 Å². The first-order chi connectivity index (χ1) is 5.63. The van der Waals surface area contributed by atoms with Crippen molar-refractivity contribution < 1.29 is 18.0 Å². The Kier molecular flexibility index (Phi) is 3.02. The summed E-state index contributed by atoms with van der Waals surface area (Å²) >= 11 is 1.04. The van der Waals surface area contributed by atoms with Gasteiger partial charge in [-0.15, -0.1) is 11.8 Å². The van der Waals surface area contributed by atoms with Crippen molar-refractivity contribution >= 4 is 17.5 Å². The van der Waals surface area contributed by atoms with Crippen LogP contribution < -0.4 is 5.32 Å². The maximum atomic E-state index is 12.7. The summed E-state index contributed by atoms with van der Waals surface area (Å²) in [6, 6.07) is 0. The zero-order valence-electron chi connectivity index (χ0n) is 5.94. The van der Waals surface area contributed by atoms with E-state index < -0.39 is 18.0 Å². The number of ketones is 1. The number of allylic oxidation sites excluding steroid dienone is 1. The number of alkyl halides is 2. The van der Waals surface area contributed by atoms with E-state index in [1.807, 2.05) is 0 Å². The van der Waals surface area contributed by atoms with E-state index in [0.717, 1.165) is 11.8 Å². The molecule has 0 aromatic rings. The number of rotatable bonds is 2. The van der Waals surface area contributed by atoms with Crippen molar-refractivity contribution in [3.05, 3.63) is 10.9 Å². The molecule has 0 bridgehead atoms. The molecule has 0 aliphatic carbocycles. The lowest BCUT2D eigenvalue weighted by Crippen LogP contribution is -2.15. The molecule has 2 nitrogen and oxygen atoms in total. The van der Waals surface area contributed by atoms with Crippen LogP contribution >= 0.6 is 11.8 Å². The number of carbonyl (C=O) groups is 1. The molecular formula is C6H6F3NOS. The van der Waals surface area contributed by atoms with Crippen LogP contribution in [0.25, 0.3) is 0 Å². The average Bonchev–Trinajstić information content (AvgIpc) is 2.53. The van der Waals surface area contributed by atoms with Crippen molar-refractivity contribution in [1.29, 1.82) is 0 Å². The molecule has 0 unspecified atom stereocenters. The average molecular weight is 197 g/mol. The van der Waals surface area contributed by atoms with Gasteiger partial charge in [0.15, 0.2) is 0 Å². The van der Waals surface area contributed by atoms with Crippen molar-refractivity contribution in [2.75, 3.05) is 12.3 Å². The number of Topliss-reactive ketones (excluding diaryl/α,β-unsaturated/α-hetero) is 1. The second kappa shape index (κ2) is 3.84. The first-order valence-corrected chi connectivity index (χ1v) is 4.20. The van der Waals surface area contributed by atoms with Crippen LogP contribution in [0.2, 0.25) is 0 Å². The van der Waals surface area contributed by atoms with E-state index in [0.29, 0.717) is 12.3 Å². The molecule has 1 aliphatic rings. The van der Waals surface area contributed by atoms with Gasteiger partial charge in [0.05, 0.1) is 0 Å². The number of hydrogen-bond donors (Lipinski definition) is 1. The topological polar surface area (TPSA) is 29.1 Å². The summed E-state index contributed by atoms with van der Waals surface area (Å²) in [4.78, 5) is 10.4. The molecular weight excluding hydrogens is 191 g/mol. The van der Waals surface area contributed by atoms with Crippen LogP contribution in [-0.4, -0.2) is 24.5 Å². The summed E-state index contributed by atoms with van der Waals surface area (Å²) in [7, 11) is 0. The number of thioether (sulfide) groups is 1. The molecule has 1 saturated heterocycles. The summed E-state index contributed by atoms with van der Waals surface area (Å²) < 4.78 is 36.1. The van der Waals surface area contributed by atoms with Gasteiger partial charge in [0, 0.05) is 12.3 Å². The largest absolute Gasteiger partial charge is 0.377 e. The smallest absolute Gasteiger partial charge is 0.303 e. The Morgan fingerprint density at radius 3 is 2.67 bits per heavy atom. The van der Waals surface area contributed by atoms with Gasteiger partial charge in [-0.3, -0.25) is 4.79 Å². The minimum atomic E-state index is -3.26. The minimum Gasteiger partial charge on any atom is -0.377 e. The lowest BCUT2D eigenvalue weighted by molar-refractivity contribution is -0.127. The summed E-state index contributed by atoms with van der Waals surface area (Å²) in [5.41, 5.74) is 0. The van der Waals surface area contributed by atoms with Gasteiger partial charge in [-0.2, -0.15) is 4.39 Å². The standard InChI is InChI=1S/C6H6F3NOS/c7-3(4(11)5(8)9)6-10-1-2-12-6/h5,10H,1-2H2. The second-order valence-electron chi connectivity index (χ2n) is 2.08. The third kappa shape index (κ3) is 1.94. The van der Waals surface area contributed by atoms with Crippen LogP contribution in [-0.2, 0) is 4.79 Å². The van der Waals surface area contributed by atoms with E-state index >= 15 is 0 Å². The summed E-state index contributed by atoms with van der Waals surface area (Å²) in [5.74, 6) is -2.50. The zero-order valence-corrected chi connectivity index (χ0v) is 6.76. The van der Waals surface area contributed by atoms with E-state index in [4.69, 9.17) is 0 Å². The summed E-state index contributed by atoms with van der Waals surface area (Å²) in [6.07, 6.45) is -3.26. The maximum absolute atomic E-state index is 12.7. The van der Waals surface area contributed by atoms with E-state index in [1.54, 1.807) is 0 Å². The molecule has 0 atom stereocenters. The quantitative estimate of drug-likeness (QED) is 0.676. The highest BCUT2D eigenvalue weighted by atomic mass is 32.2. The molecule has 0 aromatic heterocycles. The second-order valence-corrected chi connectivity index (χ2v) is 3.19. The van der Waals surface area contributed by atoms with Crippen molar-refractivity contribution in [1.82, 2.24) is 5.32 Å². The lowest BCUT2D eigenvalue weighted by atomic mass is 10.4. The zero-order chi connectivity index (χ0) is 9.14. The van der Waals surface area contributed by atoms with Crippen molar-refractivity contribution in [3.63, 3.8) is 0 Å². The SMILES string of the molecule is O=C(C(F)=C1NCCS1)C(F)F. The Bertz CT molecular complexity index is 221. The van der Waals surface area contributed by atoms with Crippen LogP contribution in [0.15, 0.2) is 10.9 Å². The molecule has 0 aromatic carbocycles. The fraction of sp³-hybridized carbons (Fsp3) is 0.500. The number of carbonyl (C=O) groups excluding carboxylic acids is 1. The van der Waals surface area contributed by atoms with E-state index in [2.05, 4.69) is 5.32 Å². The molecule has 1 N–H and O–H groups in total. The minimum absolute atomic E-state index is 0.0692. The molecule has 0 spiro atoms. The van der Waals surface area contributed by atoms with Crippen LogP contribution in [0.1, 0.15) is 0 Å². The Morgan fingerprint density at radius 1 is 1.58 bits per heavy atom. The lowest BCUT2D eigenvalue weighted by Gasteiger charge is -1.99. The predicted molar refractivity (Wildman–Crippen MR) is 39.6 cm³/mol. The monoisotopic (exact) mass is 197 g/mol. The Labute approximate surface area is 71.2 Å². The van der Waals surface area contributed by atoms with Gasteiger partial charge in [0.25, 0.3) is 5.78 Å². The molecule has 0 amide bonds. The molecule has 0 radical (unpaired) electrons. The highest BCUT2D eigenvalue weighted by Gasteiger charge is 2.25. The Hall–Kier alpha value is -0.650. The third-order valence-corrected chi connectivity index (χ3v) is 2.27. The van der Waals surface area contributed by atoms with Crippen LogP contribution in [0.4, 0.5) is 13.2 Å². The molecule has 1 aliphatic heterocycles. The molecule has 68 valence electrons. The van der Waals surface area contributed by atoms with Crippen molar-refractivity contribution in [3.8, 4) is 0 Å². The van der Waals surface area contributed by atoms with Gasteiger partial charge in [-0.1, -0.05) is 0 Å². The Morgan fingerprint density at radius 2 is 2.25 bits per heavy atom. The van der Waals surface area contributed by atoms with E-state index in [-0.39, 0.29) is 5.03 Å². The summed E-state index contributed by atoms with van der Waals surface area (Å²) in [5, 5.41) is 2.44. The normalized spacial score (nSPS) is 21.0. The number of nitrogens with one attached hydrogen (secondary N) is 1. The Balaban J connectivity index is 2.73. The third-order valence-electron chi connectivity index (χ3n) is 1.25. The molecule has 12 heavy (non-hydrogen) atoms. The molecule has 1 heterocycles. The molecule has 1 fully saturated rings. The molecule has 0 saturated carbocycles. The van der Waals surface area contributed by atoms with E-state index in [9.17, 15) is 18.0 Å². The van der Waals surface area contributed by atoms with Crippen LogP contribution in [0, 0.1) is 0 Å². The van der Waals surface area contributed by atoms with Gasteiger partial charge in [0.1, 0.15) is 5.03 Å². The first-order valence-electron chi connectivity index (χ1n) is 3.21. The fourth-order valence-corrected chi connectivity index (χ4v) is 1.56.